The largest absolute Gasteiger partial charge is 0.488 e. The summed E-state index contributed by atoms with van der Waals surface area (Å²) in [6.07, 6.45) is -0.617. The Morgan fingerprint density at radius 2 is 1.90 bits per heavy atom. The average molecular weight is 657 g/mol. The minimum absolute atomic E-state index is 0.128. The molecule has 3 nitrogen and oxygen atoms in total. The van der Waals surface area contributed by atoms with Crippen molar-refractivity contribution in [2.45, 2.75) is 24.8 Å². The molecule has 0 bridgehead atoms. The number of aliphatic hydroxyl groups excluding tert-OH is 1. The molecule has 1 atom stereocenters. The summed E-state index contributed by atoms with van der Waals surface area (Å²) in [5, 5.41) is 9.96. The summed E-state index contributed by atoms with van der Waals surface area (Å²) >= 11 is 12.9. The molecule has 0 aliphatic rings. The molecule has 0 saturated heterocycles. The van der Waals surface area contributed by atoms with Crippen LogP contribution in [0.2, 0.25) is 5.02 Å². The summed E-state index contributed by atoms with van der Waals surface area (Å²) in [4.78, 5) is 0.745. The Balaban J connectivity index is 0.00000166. The van der Waals surface area contributed by atoms with Gasteiger partial charge in [0, 0.05) is 15.7 Å². The molecule has 166 valence electrons. The zero-order valence-corrected chi connectivity index (χ0v) is 22.9. The van der Waals surface area contributed by atoms with E-state index in [0.29, 0.717) is 16.3 Å². The smallest absolute Gasteiger partial charge is 0.153 e. The van der Waals surface area contributed by atoms with Crippen LogP contribution in [0.25, 0.3) is 11.1 Å². The minimum atomic E-state index is -0.617. The van der Waals surface area contributed by atoms with Crippen molar-refractivity contribution in [1.29, 1.82) is 0 Å². The molecule has 0 heterocycles. The Bertz CT molecular complexity index is 1010. The van der Waals surface area contributed by atoms with Crippen molar-refractivity contribution >= 4 is 76.2 Å². The first kappa shape index (κ1) is 26.6. The molecule has 0 aliphatic carbocycles. The molecule has 0 aliphatic heterocycles. The normalized spacial score (nSPS) is 11.4. The highest BCUT2D eigenvalue weighted by Crippen LogP contribution is 2.40. The predicted molar refractivity (Wildman–Crippen MR) is 145 cm³/mol. The average Bonchev–Trinajstić information content (AvgIpc) is 2.74. The molecule has 3 aromatic carbocycles. The monoisotopic (exact) mass is 655 g/mol. The van der Waals surface area contributed by atoms with Crippen LogP contribution in [0.4, 0.5) is 10.1 Å². The van der Waals surface area contributed by atoms with Crippen molar-refractivity contribution in [3.05, 3.63) is 75.5 Å². The number of thiol groups is 1. The van der Waals surface area contributed by atoms with E-state index < -0.39 is 6.10 Å². The van der Waals surface area contributed by atoms with Gasteiger partial charge < -0.3 is 14.6 Å². The molecule has 31 heavy (non-hydrogen) atoms. The summed E-state index contributed by atoms with van der Waals surface area (Å²) in [5.41, 5.74) is 2.90. The number of benzene rings is 3. The fourth-order valence-electron chi connectivity index (χ4n) is 2.69. The SMILES string of the molecule is Cc1cc(F)c(-c2ccccc2)cc1NSc1cc(Br)cc(Cl)c1OCC(C)O.SI. The van der Waals surface area contributed by atoms with Crippen molar-refractivity contribution in [1.82, 2.24) is 0 Å². The molecule has 3 rings (SSSR count). The fraction of sp³-hybridized carbons (Fsp3) is 0.182. The van der Waals surface area contributed by atoms with Crippen LogP contribution in [0.15, 0.2) is 64.0 Å². The molecule has 2 N–H and O–H groups in total. The number of rotatable bonds is 7. The van der Waals surface area contributed by atoms with Crippen LogP contribution in [-0.4, -0.2) is 17.8 Å². The summed E-state index contributed by atoms with van der Waals surface area (Å²) in [6, 6.07) is 16.3. The third-order valence-corrected chi connectivity index (χ3v) is 5.70. The molecule has 0 aromatic heterocycles. The van der Waals surface area contributed by atoms with Gasteiger partial charge >= 0.3 is 0 Å². The molecule has 3 aromatic rings. The molecule has 0 saturated carbocycles. The van der Waals surface area contributed by atoms with Crippen LogP contribution in [0.1, 0.15) is 12.5 Å². The fourth-order valence-corrected chi connectivity index (χ4v) is 4.65. The van der Waals surface area contributed by atoms with Gasteiger partial charge in [0.15, 0.2) is 5.75 Å². The van der Waals surface area contributed by atoms with Crippen LogP contribution >= 0.6 is 70.5 Å². The molecule has 9 heteroatoms. The molecule has 0 radical (unpaired) electrons. The van der Waals surface area contributed by atoms with E-state index in [4.69, 9.17) is 16.3 Å². The van der Waals surface area contributed by atoms with Crippen LogP contribution in [0, 0.1) is 12.7 Å². The molecular weight excluding hydrogens is 636 g/mol. The van der Waals surface area contributed by atoms with E-state index in [2.05, 4.69) is 30.5 Å². The van der Waals surface area contributed by atoms with Gasteiger partial charge in [-0.05, 0) is 82.4 Å². The van der Waals surface area contributed by atoms with E-state index in [9.17, 15) is 9.50 Å². The second-order valence-corrected chi connectivity index (χ2v) is 8.76. The van der Waals surface area contributed by atoms with Gasteiger partial charge in [-0.1, -0.05) is 57.9 Å². The zero-order valence-electron chi connectivity index (χ0n) is 16.7. The van der Waals surface area contributed by atoms with Crippen LogP contribution < -0.4 is 9.46 Å². The van der Waals surface area contributed by atoms with E-state index in [1.54, 1.807) is 19.1 Å². The maximum atomic E-state index is 14.5. The lowest BCUT2D eigenvalue weighted by Crippen LogP contribution is -2.13. The lowest BCUT2D eigenvalue weighted by atomic mass is 10.0. The molecule has 0 fully saturated rings. The van der Waals surface area contributed by atoms with E-state index in [1.165, 1.54) is 18.0 Å². The minimum Gasteiger partial charge on any atom is -0.488 e. The van der Waals surface area contributed by atoms with Crippen molar-refractivity contribution in [3.63, 3.8) is 0 Å². The number of nitrogens with one attached hydrogen (secondary N) is 1. The van der Waals surface area contributed by atoms with E-state index >= 15 is 0 Å². The topological polar surface area (TPSA) is 41.5 Å². The van der Waals surface area contributed by atoms with Crippen LogP contribution in [-0.2, 0) is 0 Å². The summed E-state index contributed by atoms with van der Waals surface area (Å²) in [6.45, 7) is 3.62. The Kier molecular flexibility index (Phi) is 11.3. The number of aliphatic hydroxyl groups is 1. The highest BCUT2D eigenvalue weighted by atomic mass is 127. The first-order chi connectivity index (χ1) is 14.8. The van der Waals surface area contributed by atoms with Gasteiger partial charge in [0.05, 0.1) is 16.0 Å². The quantitative estimate of drug-likeness (QED) is 0.136. The Labute approximate surface area is 217 Å². The Hall–Kier alpha value is -0.650. The Morgan fingerprint density at radius 1 is 1.23 bits per heavy atom. The Morgan fingerprint density at radius 3 is 2.55 bits per heavy atom. The second kappa shape index (κ2) is 13.2. The number of ether oxygens (including phenoxy) is 1. The first-order valence-electron chi connectivity index (χ1n) is 9.10. The third-order valence-electron chi connectivity index (χ3n) is 4.11. The van der Waals surface area contributed by atoms with Crippen LogP contribution in [0.3, 0.4) is 0 Å². The number of halogens is 4. The van der Waals surface area contributed by atoms with Gasteiger partial charge in [-0.15, -0.1) is 9.80 Å². The zero-order chi connectivity index (χ0) is 23.0. The van der Waals surface area contributed by atoms with Gasteiger partial charge in [0.2, 0.25) is 0 Å². The molecule has 0 spiro atoms. The highest BCUT2D eigenvalue weighted by molar-refractivity contribution is 14.2. The second-order valence-electron chi connectivity index (χ2n) is 6.59. The summed E-state index contributed by atoms with van der Waals surface area (Å²) in [7, 11) is 3.50. The van der Waals surface area contributed by atoms with Gasteiger partial charge in [0.1, 0.15) is 12.4 Å². The first-order valence-corrected chi connectivity index (χ1v) is 14.3. The lowest BCUT2D eigenvalue weighted by Gasteiger charge is -2.16. The number of hydrogen-bond acceptors (Lipinski definition) is 5. The van der Waals surface area contributed by atoms with Gasteiger partial charge in [-0.3, -0.25) is 0 Å². The van der Waals surface area contributed by atoms with Crippen molar-refractivity contribution in [3.8, 4) is 16.9 Å². The maximum absolute atomic E-state index is 14.5. The highest BCUT2D eigenvalue weighted by Gasteiger charge is 2.15. The number of hydrogen-bond donors (Lipinski definition) is 3. The third kappa shape index (κ3) is 7.71. The molecule has 1 unspecified atom stereocenters. The number of aryl methyl sites for hydroxylation is 1. The van der Waals surface area contributed by atoms with Crippen molar-refractivity contribution in [2.75, 3.05) is 11.3 Å². The van der Waals surface area contributed by atoms with Crippen molar-refractivity contribution < 1.29 is 14.2 Å². The molecular formula is C22H21BrClFINO2S2. The van der Waals surface area contributed by atoms with Gasteiger partial charge in [-0.2, -0.15) is 0 Å². The molecule has 0 amide bonds. The van der Waals surface area contributed by atoms with Gasteiger partial charge in [-0.25, -0.2) is 4.39 Å². The lowest BCUT2D eigenvalue weighted by molar-refractivity contribution is 0.121. The summed E-state index contributed by atoms with van der Waals surface area (Å²) < 4.78 is 24.3. The van der Waals surface area contributed by atoms with E-state index in [1.807, 2.05) is 64.5 Å². The van der Waals surface area contributed by atoms with E-state index in [0.717, 1.165) is 26.2 Å². The number of anilines is 1. The standard InChI is InChI=1S/C22H20BrClFNO2S.HIS/c1-13-8-19(25)17(15-6-4-3-5-7-15)11-20(13)26-29-21-10-16(23)9-18(24)22(21)28-12-14(2)27;1-2/h3-11,14,26-27H,12H2,1-2H3;2H. The van der Waals surface area contributed by atoms with E-state index in [-0.39, 0.29) is 12.4 Å². The summed E-state index contributed by atoms with van der Waals surface area (Å²) in [5.74, 6) is 0.215. The predicted octanol–water partition coefficient (Wildman–Crippen LogP) is 8.36. The van der Waals surface area contributed by atoms with Gasteiger partial charge in [0.25, 0.3) is 0 Å². The maximum Gasteiger partial charge on any atom is 0.153 e. The van der Waals surface area contributed by atoms with Crippen molar-refractivity contribution in [2.24, 2.45) is 0 Å². The van der Waals surface area contributed by atoms with Crippen LogP contribution in [0.5, 0.6) is 5.75 Å².